The van der Waals surface area contributed by atoms with E-state index in [-0.39, 0.29) is 29.4 Å². The Morgan fingerprint density at radius 3 is 2.38 bits per heavy atom. The highest BCUT2D eigenvalue weighted by atomic mass is 16.3. The molecule has 1 aromatic rings. The van der Waals surface area contributed by atoms with Gasteiger partial charge in [0.2, 0.25) is 5.95 Å². The summed E-state index contributed by atoms with van der Waals surface area (Å²) in [6, 6.07) is 0.153. The fourth-order valence-electron chi connectivity index (χ4n) is 5.16. The molecule has 2 heterocycles. The van der Waals surface area contributed by atoms with E-state index in [2.05, 4.69) is 54.8 Å². The van der Waals surface area contributed by atoms with Gasteiger partial charge in [0.05, 0.1) is 5.56 Å². The van der Waals surface area contributed by atoms with Gasteiger partial charge in [-0.05, 0) is 35.5 Å². The van der Waals surface area contributed by atoms with Gasteiger partial charge in [0.15, 0.2) is 0 Å². The Morgan fingerprint density at radius 1 is 1.27 bits per heavy atom. The largest absolute Gasteiger partial charge is 0.396 e. The van der Waals surface area contributed by atoms with Crippen molar-refractivity contribution >= 4 is 11.9 Å². The number of nitrogens with zero attached hydrogens (tertiary/aromatic N) is 3. The molecule has 2 atom stereocenters. The van der Waals surface area contributed by atoms with Crippen LogP contribution in [0.3, 0.4) is 0 Å². The molecule has 1 aliphatic heterocycles. The second-order valence-corrected chi connectivity index (χ2v) is 9.49. The Morgan fingerprint density at radius 2 is 1.88 bits per heavy atom. The molecule has 3 rings (SSSR count). The lowest BCUT2D eigenvalue weighted by Crippen LogP contribution is -2.63. The lowest BCUT2D eigenvalue weighted by molar-refractivity contribution is -0.0366. The molecule has 2 fully saturated rings. The van der Waals surface area contributed by atoms with E-state index in [9.17, 15) is 9.90 Å². The maximum absolute atomic E-state index is 12.6. The van der Waals surface area contributed by atoms with Crippen molar-refractivity contribution in [1.82, 2.24) is 15.3 Å². The van der Waals surface area contributed by atoms with E-state index in [0.29, 0.717) is 23.3 Å². The fraction of sp³-hybridized carbons (Fsp3) is 0.750. The highest BCUT2D eigenvalue weighted by Crippen LogP contribution is 2.53. The fourth-order valence-corrected chi connectivity index (χ4v) is 5.16. The van der Waals surface area contributed by atoms with Crippen molar-refractivity contribution in [1.29, 1.82) is 0 Å². The van der Waals surface area contributed by atoms with Gasteiger partial charge in [-0.1, -0.05) is 34.6 Å². The van der Waals surface area contributed by atoms with Crippen LogP contribution in [0.2, 0.25) is 0 Å². The predicted molar refractivity (Wildman–Crippen MR) is 102 cm³/mol. The zero-order chi connectivity index (χ0) is 19.1. The van der Waals surface area contributed by atoms with Gasteiger partial charge in [0, 0.05) is 38.1 Å². The number of hydrogen-bond acceptors (Lipinski definition) is 5. The van der Waals surface area contributed by atoms with Crippen molar-refractivity contribution in [2.24, 2.45) is 22.7 Å². The molecule has 6 nitrogen and oxygen atoms in total. The van der Waals surface area contributed by atoms with Gasteiger partial charge in [-0.25, -0.2) is 9.97 Å². The number of nitrogens with one attached hydrogen (secondary N) is 1. The normalized spacial score (nSPS) is 27.7. The molecule has 6 heteroatoms. The topological polar surface area (TPSA) is 78.4 Å². The van der Waals surface area contributed by atoms with Crippen molar-refractivity contribution in [2.45, 2.75) is 53.5 Å². The summed E-state index contributed by atoms with van der Waals surface area (Å²) in [5.41, 5.74) is 0.742. The summed E-state index contributed by atoms with van der Waals surface area (Å²) < 4.78 is 0. The summed E-state index contributed by atoms with van der Waals surface area (Å²) in [5.74, 6) is 1.32. The average molecular weight is 361 g/mol. The van der Waals surface area contributed by atoms with Gasteiger partial charge in [-0.15, -0.1) is 0 Å². The van der Waals surface area contributed by atoms with Gasteiger partial charge in [-0.3, -0.25) is 4.79 Å². The van der Waals surface area contributed by atoms with Gasteiger partial charge < -0.3 is 15.3 Å². The highest BCUT2D eigenvalue weighted by molar-refractivity contribution is 5.94. The van der Waals surface area contributed by atoms with Gasteiger partial charge in [0.25, 0.3) is 5.91 Å². The number of amides is 1. The number of anilines is 1. The third kappa shape index (κ3) is 3.56. The predicted octanol–water partition coefficient (Wildman–Crippen LogP) is 2.49. The Hall–Kier alpha value is -1.69. The molecule has 0 aromatic carbocycles. The molecule has 0 bridgehead atoms. The molecule has 144 valence electrons. The lowest BCUT2D eigenvalue weighted by Gasteiger charge is -2.57. The van der Waals surface area contributed by atoms with Crippen LogP contribution in [-0.2, 0) is 0 Å². The minimum atomic E-state index is -0.102. The number of carbonyl (C=O) groups is 1. The summed E-state index contributed by atoms with van der Waals surface area (Å²) >= 11 is 0. The molecule has 0 spiro atoms. The van der Waals surface area contributed by atoms with Crippen LogP contribution in [0.4, 0.5) is 5.95 Å². The smallest absolute Gasteiger partial charge is 0.254 e. The second kappa shape index (κ2) is 6.80. The van der Waals surface area contributed by atoms with Crippen molar-refractivity contribution < 1.29 is 9.90 Å². The molecule has 2 unspecified atom stereocenters. The first-order valence-corrected chi connectivity index (χ1v) is 9.63. The zero-order valence-corrected chi connectivity index (χ0v) is 16.6. The van der Waals surface area contributed by atoms with Crippen LogP contribution in [0, 0.1) is 22.7 Å². The molecule has 1 amide bonds. The van der Waals surface area contributed by atoms with Crippen LogP contribution >= 0.6 is 0 Å². The molecule has 26 heavy (non-hydrogen) atoms. The van der Waals surface area contributed by atoms with Crippen LogP contribution in [0.1, 0.15) is 57.8 Å². The third-order valence-electron chi connectivity index (χ3n) is 6.25. The first-order valence-electron chi connectivity index (χ1n) is 9.63. The van der Waals surface area contributed by atoms with Gasteiger partial charge in [-0.2, -0.15) is 0 Å². The van der Waals surface area contributed by atoms with Crippen molar-refractivity contribution in [3.63, 3.8) is 0 Å². The number of hydrogen-bond donors (Lipinski definition) is 2. The summed E-state index contributed by atoms with van der Waals surface area (Å²) in [5, 5.41) is 12.6. The third-order valence-corrected chi connectivity index (χ3v) is 6.25. The monoisotopic (exact) mass is 360 g/mol. The van der Waals surface area contributed by atoms with E-state index in [1.807, 2.05) is 0 Å². The van der Waals surface area contributed by atoms with E-state index < -0.39 is 0 Å². The Bertz CT molecular complexity index is 642. The van der Waals surface area contributed by atoms with Crippen molar-refractivity contribution in [3.8, 4) is 0 Å². The number of aromatic nitrogens is 2. The first-order chi connectivity index (χ1) is 12.1. The van der Waals surface area contributed by atoms with Crippen LogP contribution in [0.15, 0.2) is 12.4 Å². The quantitative estimate of drug-likeness (QED) is 0.862. The van der Waals surface area contributed by atoms with Crippen LogP contribution in [-0.4, -0.2) is 46.7 Å². The summed E-state index contributed by atoms with van der Waals surface area (Å²) in [6.07, 6.45) is 5.29. The SMILES string of the molecule is CC1CN(c2ncc(C(=O)NC3C(C)(C)CC3(C)C)cn2)CCC1CO. The van der Waals surface area contributed by atoms with Crippen molar-refractivity contribution in [3.05, 3.63) is 18.0 Å². The van der Waals surface area contributed by atoms with Crippen LogP contribution < -0.4 is 10.2 Å². The minimum Gasteiger partial charge on any atom is -0.396 e. The standard InChI is InChI=1S/C20H32N4O2/c1-13-10-24(7-6-14(13)11-25)18-21-8-15(9-22-18)16(26)23-17-19(2,3)12-20(17,4)5/h8-9,13-14,17,25H,6-7,10-12H2,1-5H3,(H,23,26). The van der Waals surface area contributed by atoms with E-state index >= 15 is 0 Å². The van der Waals surface area contributed by atoms with Gasteiger partial charge in [0.1, 0.15) is 0 Å². The zero-order valence-electron chi connectivity index (χ0n) is 16.6. The molecule has 2 N–H and O–H groups in total. The molecule has 1 aliphatic carbocycles. The second-order valence-electron chi connectivity index (χ2n) is 9.49. The number of rotatable bonds is 4. The first kappa shape index (κ1) is 19.1. The van der Waals surface area contributed by atoms with E-state index in [1.165, 1.54) is 0 Å². The van der Waals surface area contributed by atoms with E-state index in [0.717, 1.165) is 25.9 Å². The molecule has 0 radical (unpaired) electrons. The lowest BCUT2D eigenvalue weighted by atomic mass is 9.52. The number of carbonyl (C=O) groups excluding carboxylic acids is 1. The number of aliphatic hydroxyl groups excluding tert-OH is 1. The summed E-state index contributed by atoms with van der Waals surface area (Å²) in [7, 11) is 0. The summed E-state index contributed by atoms with van der Waals surface area (Å²) in [6.45, 7) is 12.8. The highest BCUT2D eigenvalue weighted by Gasteiger charge is 2.53. The minimum absolute atomic E-state index is 0.102. The Balaban J connectivity index is 1.64. The average Bonchev–Trinajstić information content (AvgIpc) is 2.58. The van der Waals surface area contributed by atoms with Crippen LogP contribution in [0.25, 0.3) is 0 Å². The van der Waals surface area contributed by atoms with Gasteiger partial charge >= 0.3 is 0 Å². The van der Waals surface area contributed by atoms with E-state index in [4.69, 9.17) is 0 Å². The molecule has 1 saturated heterocycles. The number of piperidine rings is 1. The Labute approximate surface area is 156 Å². The molecule has 1 aromatic heterocycles. The molecular weight excluding hydrogens is 328 g/mol. The van der Waals surface area contributed by atoms with Crippen molar-refractivity contribution in [2.75, 3.05) is 24.6 Å². The van der Waals surface area contributed by atoms with E-state index in [1.54, 1.807) is 12.4 Å². The Kier molecular flexibility index (Phi) is 4.99. The maximum Gasteiger partial charge on any atom is 0.254 e. The van der Waals surface area contributed by atoms with Crippen LogP contribution in [0.5, 0.6) is 0 Å². The summed E-state index contributed by atoms with van der Waals surface area (Å²) in [4.78, 5) is 23.6. The molecule has 1 saturated carbocycles. The maximum atomic E-state index is 12.6. The molecule has 2 aliphatic rings. The molecular formula is C20H32N4O2. The number of aliphatic hydroxyl groups is 1.